The summed E-state index contributed by atoms with van der Waals surface area (Å²) < 4.78 is 32.2. The first-order valence-corrected chi connectivity index (χ1v) is 8.73. The lowest BCUT2D eigenvalue weighted by Crippen LogP contribution is -2.45. The summed E-state index contributed by atoms with van der Waals surface area (Å²) in [6.07, 6.45) is 0. The van der Waals surface area contributed by atoms with E-state index in [0.29, 0.717) is 18.0 Å². The number of aryl methyl sites for hydroxylation is 1. The smallest absolute Gasteiger partial charge is 0.234 e. The van der Waals surface area contributed by atoms with Crippen LogP contribution in [-0.4, -0.2) is 58.9 Å². The molecule has 0 aliphatic carbocycles. The molecule has 1 aliphatic rings. The fourth-order valence-electron chi connectivity index (χ4n) is 2.30. The van der Waals surface area contributed by atoms with Gasteiger partial charge in [0.15, 0.2) is 0 Å². The molecule has 0 bridgehead atoms. The highest BCUT2D eigenvalue weighted by Crippen LogP contribution is 2.26. The van der Waals surface area contributed by atoms with Crippen LogP contribution in [-0.2, 0) is 10.0 Å². The third kappa shape index (κ3) is 4.87. The number of nitrogens with one attached hydrogen (secondary N) is 2. The van der Waals surface area contributed by atoms with Crippen LogP contribution in [0.4, 0.5) is 5.69 Å². The minimum absolute atomic E-state index is 0.0874. The Morgan fingerprint density at radius 3 is 2.71 bits per heavy atom. The Hall–Kier alpha value is -1.31. The first-order chi connectivity index (χ1) is 10.00. The molecule has 1 aromatic rings. The largest absolute Gasteiger partial charge is 0.495 e. The normalized spacial score (nSPS) is 16.7. The topological polar surface area (TPSA) is 70.7 Å². The van der Waals surface area contributed by atoms with Crippen molar-refractivity contribution < 1.29 is 13.2 Å². The highest BCUT2D eigenvalue weighted by Gasteiger charge is 2.17. The second kappa shape index (κ2) is 7.11. The third-order valence-electron chi connectivity index (χ3n) is 3.51. The lowest BCUT2D eigenvalue weighted by molar-refractivity contribution is 0.254. The van der Waals surface area contributed by atoms with Crippen molar-refractivity contribution in [2.24, 2.45) is 0 Å². The van der Waals surface area contributed by atoms with E-state index in [1.165, 1.54) is 7.11 Å². The summed E-state index contributed by atoms with van der Waals surface area (Å²) in [6.45, 7) is 6.08. The van der Waals surface area contributed by atoms with Crippen LogP contribution in [0.1, 0.15) is 5.56 Å². The van der Waals surface area contributed by atoms with Gasteiger partial charge in [-0.1, -0.05) is 6.07 Å². The van der Waals surface area contributed by atoms with Crippen molar-refractivity contribution in [1.82, 2.24) is 10.2 Å². The molecule has 1 fully saturated rings. The van der Waals surface area contributed by atoms with Gasteiger partial charge in [0.05, 0.1) is 18.6 Å². The van der Waals surface area contributed by atoms with Gasteiger partial charge in [0.1, 0.15) is 5.75 Å². The molecule has 1 aliphatic heterocycles. The van der Waals surface area contributed by atoms with E-state index < -0.39 is 10.0 Å². The molecule has 0 amide bonds. The van der Waals surface area contributed by atoms with Crippen LogP contribution < -0.4 is 14.8 Å². The number of methoxy groups -OCH3 is 1. The fraction of sp³-hybridized carbons (Fsp3) is 0.571. The maximum absolute atomic E-state index is 12.2. The molecule has 2 rings (SSSR count). The van der Waals surface area contributed by atoms with Crippen LogP contribution in [0.3, 0.4) is 0 Å². The average molecular weight is 313 g/mol. The van der Waals surface area contributed by atoms with Crippen LogP contribution in [0.15, 0.2) is 18.2 Å². The second-order valence-electron chi connectivity index (χ2n) is 5.22. The summed E-state index contributed by atoms with van der Waals surface area (Å²) in [4.78, 5) is 2.16. The standard InChI is InChI=1S/C14H23N3O3S/c1-12-3-4-14(20-2)13(11-12)16-21(18,19)10-9-17-7-5-15-6-8-17/h3-4,11,15-16H,5-10H2,1-2H3. The van der Waals surface area contributed by atoms with Crippen molar-refractivity contribution in [3.05, 3.63) is 23.8 Å². The summed E-state index contributed by atoms with van der Waals surface area (Å²) in [6, 6.07) is 5.43. The van der Waals surface area contributed by atoms with E-state index in [2.05, 4.69) is 14.9 Å². The zero-order valence-electron chi connectivity index (χ0n) is 12.6. The molecule has 6 nitrogen and oxygen atoms in total. The Balaban J connectivity index is 1.98. The van der Waals surface area contributed by atoms with Crippen LogP contribution >= 0.6 is 0 Å². The summed E-state index contributed by atoms with van der Waals surface area (Å²) in [5.41, 5.74) is 1.48. The van der Waals surface area contributed by atoms with Gasteiger partial charge < -0.3 is 10.1 Å². The predicted octanol–water partition coefficient (Wildman–Crippen LogP) is 0.651. The SMILES string of the molecule is COc1ccc(C)cc1NS(=O)(=O)CCN1CCNCC1. The Labute approximate surface area is 126 Å². The number of ether oxygens (including phenoxy) is 1. The van der Waals surface area contributed by atoms with Gasteiger partial charge in [-0.05, 0) is 24.6 Å². The molecule has 21 heavy (non-hydrogen) atoms. The van der Waals surface area contributed by atoms with Gasteiger partial charge in [-0.25, -0.2) is 8.42 Å². The molecule has 2 N–H and O–H groups in total. The molecule has 0 unspecified atom stereocenters. The fourth-order valence-corrected chi connectivity index (χ4v) is 3.40. The van der Waals surface area contributed by atoms with E-state index in [0.717, 1.165) is 31.7 Å². The van der Waals surface area contributed by atoms with Crippen LogP contribution in [0.5, 0.6) is 5.75 Å². The molecule has 0 spiro atoms. The summed E-state index contributed by atoms with van der Waals surface area (Å²) in [7, 11) is -1.84. The van der Waals surface area contributed by atoms with E-state index in [-0.39, 0.29) is 5.75 Å². The van der Waals surface area contributed by atoms with E-state index in [4.69, 9.17) is 4.74 Å². The van der Waals surface area contributed by atoms with Crippen molar-refractivity contribution >= 4 is 15.7 Å². The zero-order valence-corrected chi connectivity index (χ0v) is 13.4. The maximum Gasteiger partial charge on any atom is 0.234 e. The van der Waals surface area contributed by atoms with E-state index in [1.54, 1.807) is 12.1 Å². The van der Waals surface area contributed by atoms with Gasteiger partial charge in [-0.2, -0.15) is 0 Å². The van der Waals surface area contributed by atoms with Gasteiger partial charge >= 0.3 is 0 Å². The lowest BCUT2D eigenvalue weighted by Gasteiger charge is -2.27. The number of hydrogen-bond acceptors (Lipinski definition) is 5. The maximum atomic E-state index is 12.2. The average Bonchev–Trinajstić information content (AvgIpc) is 2.46. The van der Waals surface area contributed by atoms with Gasteiger partial charge in [0.25, 0.3) is 0 Å². The molecule has 1 saturated heterocycles. The van der Waals surface area contributed by atoms with Crippen molar-refractivity contribution in [2.45, 2.75) is 6.92 Å². The zero-order chi connectivity index (χ0) is 15.3. The number of rotatable bonds is 6. The first kappa shape index (κ1) is 16.1. The third-order valence-corrected chi connectivity index (χ3v) is 4.76. The van der Waals surface area contributed by atoms with E-state index in [9.17, 15) is 8.42 Å². The van der Waals surface area contributed by atoms with Crippen LogP contribution in [0.25, 0.3) is 0 Å². The minimum Gasteiger partial charge on any atom is -0.495 e. The van der Waals surface area contributed by atoms with Crippen LogP contribution in [0.2, 0.25) is 0 Å². The summed E-state index contributed by atoms with van der Waals surface area (Å²) >= 11 is 0. The Morgan fingerprint density at radius 1 is 1.33 bits per heavy atom. The van der Waals surface area contributed by atoms with Crippen molar-refractivity contribution in [3.8, 4) is 5.75 Å². The van der Waals surface area contributed by atoms with Crippen LogP contribution in [0, 0.1) is 6.92 Å². The molecule has 1 heterocycles. The molecule has 118 valence electrons. The highest BCUT2D eigenvalue weighted by molar-refractivity contribution is 7.92. The molecule has 0 saturated carbocycles. The molecule has 0 atom stereocenters. The predicted molar refractivity (Wildman–Crippen MR) is 84.5 cm³/mol. The molecule has 1 aromatic carbocycles. The number of hydrogen-bond donors (Lipinski definition) is 2. The molecule has 0 aromatic heterocycles. The monoisotopic (exact) mass is 313 g/mol. The number of piperazine rings is 1. The summed E-state index contributed by atoms with van der Waals surface area (Å²) in [5, 5.41) is 3.25. The Kier molecular flexibility index (Phi) is 5.44. The number of nitrogens with zero attached hydrogens (tertiary/aromatic N) is 1. The molecular formula is C14H23N3O3S. The van der Waals surface area contributed by atoms with Crippen molar-refractivity contribution in [2.75, 3.05) is 50.3 Å². The molecular weight excluding hydrogens is 290 g/mol. The first-order valence-electron chi connectivity index (χ1n) is 7.08. The number of anilines is 1. The van der Waals surface area contributed by atoms with Gasteiger partial charge in [-0.3, -0.25) is 9.62 Å². The number of benzene rings is 1. The highest BCUT2D eigenvalue weighted by atomic mass is 32.2. The van der Waals surface area contributed by atoms with Crippen molar-refractivity contribution in [3.63, 3.8) is 0 Å². The van der Waals surface area contributed by atoms with Crippen molar-refractivity contribution in [1.29, 1.82) is 0 Å². The Morgan fingerprint density at radius 2 is 2.05 bits per heavy atom. The molecule has 0 radical (unpaired) electrons. The number of sulfonamides is 1. The van der Waals surface area contributed by atoms with Gasteiger partial charge in [0.2, 0.25) is 10.0 Å². The van der Waals surface area contributed by atoms with E-state index >= 15 is 0 Å². The van der Waals surface area contributed by atoms with Gasteiger partial charge in [-0.15, -0.1) is 0 Å². The second-order valence-corrected chi connectivity index (χ2v) is 7.06. The summed E-state index contributed by atoms with van der Waals surface area (Å²) in [5.74, 6) is 0.621. The van der Waals surface area contributed by atoms with E-state index in [1.807, 2.05) is 13.0 Å². The quantitative estimate of drug-likeness (QED) is 0.807. The van der Waals surface area contributed by atoms with Gasteiger partial charge in [0, 0.05) is 32.7 Å². The lowest BCUT2D eigenvalue weighted by atomic mass is 10.2. The molecule has 7 heteroatoms. The minimum atomic E-state index is -3.38. The Bertz CT molecular complexity index is 569.